The molecule has 0 saturated carbocycles. The molecule has 0 unspecified atom stereocenters. The molecule has 2 heteroatoms. The lowest BCUT2D eigenvalue weighted by molar-refractivity contribution is 1.71. The quantitative estimate of drug-likeness (QED) is 0.741. The van der Waals surface area contributed by atoms with Crippen LogP contribution in [0.3, 0.4) is 0 Å². The van der Waals surface area contributed by atoms with Gasteiger partial charge in [0.1, 0.15) is 7.59 Å². The van der Waals surface area contributed by atoms with Crippen molar-refractivity contribution >= 4 is 25.6 Å². The molecule has 0 bridgehead atoms. The summed E-state index contributed by atoms with van der Waals surface area (Å²) in [5, 5.41) is 2.90. The first-order chi connectivity index (χ1) is 9.58. The number of hydrogen-bond acceptors (Lipinski definition) is 0. The van der Waals surface area contributed by atoms with Crippen LogP contribution >= 0.6 is 0 Å². The van der Waals surface area contributed by atoms with Gasteiger partial charge in [-0.05, 0) is 0 Å². The van der Waals surface area contributed by atoms with Crippen LogP contribution in [0.15, 0.2) is 85.2 Å². The molecular formula is C18H22Si2. The SMILES string of the molecule is C=C[Si](C=C)(c1ccccc1)[Si](C)(C)c1ccccc1. The molecule has 0 aromatic heterocycles. The molecule has 0 radical (unpaired) electrons. The van der Waals surface area contributed by atoms with E-state index in [1.54, 1.807) is 0 Å². The van der Waals surface area contributed by atoms with Gasteiger partial charge in [0.25, 0.3) is 0 Å². The maximum atomic E-state index is 4.20. The smallest absolute Gasteiger partial charge is 0.106 e. The first-order valence-electron chi connectivity index (χ1n) is 6.97. The summed E-state index contributed by atoms with van der Waals surface area (Å²) in [6.07, 6.45) is 0. The fourth-order valence-corrected chi connectivity index (χ4v) is 15.3. The highest BCUT2D eigenvalue weighted by Crippen LogP contribution is 2.21. The molecule has 0 atom stereocenters. The van der Waals surface area contributed by atoms with Gasteiger partial charge in [-0.2, -0.15) is 0 Å². The van der Waals surface area contributed by atoms with Crippen LogP contribution in [-0.4, -0.2) is 15.2 Å². The van der Waals surface area contributed by atoms with E-state index in [9.17, 15) is 0 Å². The Hall–Kier alpha value is -1.65. The van der Waals surface area contributed by atoms with Gasteiger partial charge in [-0.15, -0.1) is 13.2 Å². The molecule has 102 valence electrons. The molecule has 0 spiro atoms. The van der Waals surface area contributed by atoms with E-state index in [1.165, 1.54) is 10.4 Å². The summed E-state index contributed by atoms with van der Waals surface area (Å²) < 4.78 is 0. The summed E-state index contributed by atoms with van der Waals surface area (Å²) in [4.78, 5) is 0. The Labute approximate surface area is 124 Å². The van der Waals surface area contributed by atoms with Gasteiger partial charge in [-0.25, -0.2) is 0 Å². The molecular weight excluding hydrogens is 272 g/mol. The maximum absolute atomic E-state index is 4.20. The van der Waals surface area contributed by atoms with Gasteiger partial charge in [0.2, 0.25) is 0 Å². The molecule has 0 heterocycles. The van der Waals surface area contributed by atoms with Gasteiger partial charge >= 0.3 is 0 Å². The molecule has 0 fully saturated rings. The Morgan fingerprint density at radius 3 is 1.50 bits per heavy atom. The van der Waals surface area contributed by atoms with Crippen LogP contribution in [0.2, 0.25) is 13.1 Å². The first kappa shape index (κ1) is 14.8. The molecule has 0 N–H and O–H groups in total. The van der Waals surface area contributed by atoms with E-state index < -0.39 is 15.2 Å². The number of rotatable bonds is 5. The van der Waals surface area contributed by atoms with Crippen molar-refractivity contribution in [3.8, 4) is 0 Å². The van der Waals surface area contributed by atoms with Crippen LogP contribution in [0.5, 0.6) is 0 Å². The zero-order valence-electron chi connectivity index (χ0n) is 12.3. The third-order valence-electron chi connectivity index (χ3n) is 4.43. The van der Waals surface area contributed by atoms with Gasteiger partial charge in [0.05, 0.1) is 7.59 Å². The monoisotopic (exact) mass is 294 g/mol. The van der Waals surface area contributed by atoms with Crippen LogP contribution in [0.4, 0.5) is 0 Å². The van der Waals surface area contributed by atoms with E-state index in [2.05, 4.69) is 98.3 Å². The summed E-state index contributed by atoms with van der Waals surface area (Å²) in [6, 6.07) is 21.7. The van der Waals surface area contributed by atoms with Gasteiger partial charge in [0, 0.05) is 0 Å². The van der Waals surface area contributed by atoms with Crippen LogP contribution < -0.4 is 10.4 Å². The second kappa shape index (κ2) is 5.77. The Kier molecular flexibility index (Phi) is 4.26. The number of hydrogen-bond donors (Lipinski definition) is 0. The van der Waals surface area contributed by atoms with E-state index in [0.29, 0.717) is 0 Å². The fourth-order valence-electron chi connectivity index (χ4n) is 3.00. The van der Waals surface area contributed by atoms with Crippen molar-refractivity contribution in [1.82, 2.24) is 0 Å². The average Bonchev–Trinajstić information content (AvgIpc) is 2.51. The molecule has 0 aliphatic rings. The Bertz CT molecular complexity index is 577. The summed E-state index contributed by atoms with van der Waals surface area (Å²) in [5.41, 5.74) is 4.43. The zero-order valence-corrected chi connectivity index (χ0v) is 14.3. The molecule has 0 saturated heterocycles. The van der Waals surface area contributed by atoms with Crippen molar-refractivity contribution in [2.75, 3.05) is 0 Å². The van der Waals surface area contributed by atoms with E-state index in [4.69, 9.17) is 0 Å². The number of benzene rings is 2. The Morgan fingerprint density at radius 1 is 0.700 bits per heavy atom. The molecule has 2 aromatic carbocycles. The van der Waals surface area contributed by atoms with Crippen molar-refractivity contribution in [3.63, 3.8) is 0 Å². The molecule has 20 heavy (non-hydrogen) atoms. The normalized spacial score (nSPS) is 11.9. The minimum atomic E-state index is -1.92. The molecule has 0 nitrogen and oxygen atoms in total. The average molecular weight is 295 g/mol. The maximum Gasteiger partial charge on any atom is 0.128 e. The third-order valence-corrected chi connectivity index (χ3v) is 20.0. The van der Waals surface area contributed by atoms with E-state index in [0.717, 1.165) is 0 Å². The topological polar surface area (TPSA) is 0 Å². The second-order valence-electron chi connectivity index (χ2n) is 5.63. The van der Waals surface area contributed by atoms with Crippen molar-refractivity contribution < 1.29 is 0 Å². The molecule has 0 aliphatic carbocycles. The third kappa shape index (κ3) is 2.25. The molecule has 2 rings (SSSR count). The second-order valence-corrected chi connectivity index (χ2v) is 18.8. The molecule has 0 amide bonds. The van der Waals surface area contributed by atoms with Gasteiger partial charge in [-0.3, -0.25) is 0 Å². The lowest BCUT2D eigenvalue weighted by Crippen LogP contribution is -2.70. The summed E-state index contributed by atoms with van der Waals surface area (Å²) in [6.45, 7) is 13.3. The Morgan fingerprint density at radius 2 is 1.10 bits per heavy atom. The van der Waals surface area contributed by atoms with Crippen LogP contribution in [0.25, 0.3) is 0 Å². The standard InChI is InChI=1S/C18H22Si2/c1-5-20(6-2,18-15-11-8-12-16-18)19(3,4)17-13-9-7-10-14-17/h5-16H,1-2H2,3-4H3. The lowest BCUT2D eigenvalue weighted by Gasteiger charge is -2.40. The van der Waals surface area contributed by atoms with Crippen molar-refractivity contribution in [1.29, 1.82) is 0 Å². The predicted octanol–water partition coefficient (Wildman–Crippen LogP) is 3.49. The predicted molar refractivity (Wildman–Crippen MR) is 95.8 cm³/mol. The van der Waals surface area contributed by atoms with Crippen molar-refractivity contribution in [2.45, 2.75) is 13.1 Å². The summed E-state index contributed by atoms with van der Waals surface area (Å²) in [5.74, 6) is 0. The minimum absolute atomic E-state index is 1.42. The molecule has 0 aliphatic heterocycles. The van der Waals surface area contributed by atoms with Crippen LogP contribution in [-0.2, 0) is 0 Å². The summed E-state index contributed by atoms with van der Waals surface area (Å²) in [7, 11) is -3.62. The van der Waals surface area contributed by atoms with E-state index in [1.807, 2.05) is 0 Å². The van der Waals surface area contributed by atoms with Crippen LogP contribution in [0, 0.1) is 0 Å². The highest BCUT2D eigenvalue weighted by atomic mass is 29.3. The van der Waals surface area contributed by atoms with Crippen LogP contribution in [0.1, 0.15) is 0 Å². The van der Waals surface area contributed by atoms with Crippen molar-refractivity contribution in [3.05, 3.63) is 85.2 Å². The van der Waals surface area contributed by atoms with Gasteiger partial charge in [0.15, 0.2) is 0 Å². The highest BCUT2D eigenvalue weighted by molar-refractivity contribution is 7.54. The largest absolute Gasteiger partial charge is 0.128 e. The minimum Gasteiger partial charge on any atom is -0.106 e. The Balaban J connectivity index is 2.65. The molecule has 2 aromatic rings. The first-order valence-corrected chi connectivity index (χ1v) is 13.1. The van der Waals surface area contributed by atoms with Crippen molar-refractivity contribution in [2.24, 2.45) is 0 Å². The zero-order chi connectivity index (χ0) is 14.6. The fraction of sp³-hybridized carbons (Fsp3) is 0.111. The lowest BCUT2D eigenvalue weighted by atomic mass is 10.4. The van der Waals surface area contributed by atoms with Gasteiger partial charge < -0.3 is 0 Å². The van der Waals surface area contributed by atoms with Gasteiger partial charge in [-0.1, -0.05) is 95.5 Å². The highest BCUT2D eigenvalue weighted by Gasteiger charge is 2.46. The van der Waals surface area contributed by atoms with E-state index in [-0.39, 0.29) is 0 Å². The van der Waals surface area contributed by atoms with E-state index >= 15 is 0 Å². The summed E-state index contributed by atoms with van der Waals surface area (Å²) >= 11 is 0.